The molecule has 0 atom stereocenters. The summed E-state index contributed by atoms with van der Waals surface area (Å²) in [5.41, 5.74) is 0. The largest absolute Gasteiger partial charge is 0.462 e. The molecule has 0 aromatic rings. The van der Waals surface area contributed by atoms with Crippen molar-refractivity contribution in [3.8, 4) is 0 Å². The topological polar surface area (TPSA) is 35.5 Å². The van der Waals surface area contributed by atoms with Crippen LogP contribution < -0.4 is 0 Å². The number of hydrogen-bond donors (Lipinski definition) is 0. The van der Waals surface area contributed by atoms with Crippen molar-refractivity contribution in [3.05, 3.63) is 0 Å². The van der Waals surface area contributed by atoms with E-state index in [4.69, 9.17) is 9.47 Å². The molecule has 0 spiro atoms. The minimum Gasteiger partial charge on any atom is -0.462 e. The highest BCUT2D eigenvalue weighted by atomic mass is 16.5. The molecule has 3 nitrogen and oxygen atoms in total. The predicted molar refractivity (Wildman–Crippen MR) is 58.6 cm³/mol. The molecule has 1 aliphatic heterocycles. The second-order valence-electron chi connectivity index (χ2n) is 4.19. The summed E-state index contributed by atoms with van der Waals surface area (Å²) in [4.78, 5) is 11.6. The van der Waals surface area contributed by atoms with Crippen LogP contribution >= 0.6 is 0 Å². The Morgan fingerprint density at radius 1 is 1.33 bits per heavy atom. The molecule has 1 rings (SSSR count). The molecule has 0 aromatic heterocycles. The fraction of sp³-hybridized carbons (Fsp3) is 0.917. The lowest BCUT2D eigenvalue weighted by molar-refractivity contribution is -0.151. The Labute approximate surface area is 92.1 Å². The van der Waals surface area contributed by atoms with Crippen molar-refractivity contribution in [2.24, 2.45) is 5.92 Å². The summed E-state index contributed by atoms with van der Waals surface area (Å²) >= 11 is 0. The van der Waals surface area contributed by atoms with Crippen LogP contribution in [0.1, 0.15) is 46.0 Å². The lowest BCUT2D eigenvalue weighted by atomic mass is 9.97. The zero-order chi connectivity index (χ0) is 11.1. The third-order valence-corrected chi connectivity index (χ3v) is 3.01. The Hall–Kier alpha value is -0.570. The van der Waals surface area contributed by atoms with E-state index in [1.807, 2.05) is 0 Å². The van der Waals surface area contributed by atoms with Crippen LogP contribution in [0.5, 0.6) is 0 Å². The van der Waals surface area contributed by atoms with Gasteiger partial charge in [0.05, 0.1) is 0 Å². The number of rotatable bonds is 5. The first-order valence-electron chi connectivity index (χ1n) is 6.03. The second kappa shape index (κ2) is 6.83. The average Bonchev–Trinajstić information content (AvgIpc) is 2.27. The summed E-state index contributed by atoms with van der Waals surface area (Å²) in [5.74, 6) is 0.441. The lowest BCUT2D eigenvalue weighted by Gasteiger charge is -2.22. The Balaban J connectivity index is 2.21. The fourth-order valence-corrected chi connectivity index (χ4v) is 1.88. The highest BCUT2D eigenvalue weighted by Gasteiger charge is 2.19. The molecule has 0 amide bonds. The molecule has 0 bridgehead atoms. The van der Waals surface area contributed by atoms with Crippen molar-refractivity contribution in [1.29, 1.82) is 0 Å². The van der Waals surface area contributed by atoms with E-state index in [1.54, 1.807) is 0 Å². The van der Waals surface area contributed by atoms with Crippen LogP contribution in [-0.2, 0) is 14.3 Å². The molecule has 1 heterocycles. The van der Waals surface area contributed by atoms with E-state index in [-0.39, 0.29) is 12.1 Å². The number of carbonyl (C=O) groups is 1. The molecule has 3 heteroatoms. The smallest absolute Gasteiger partial charge is 0.306 e. The van der Waals surface area contributed by atoms with E-state index >= 15 is 0 Å². The molecule has 1 fully saturated rings. The highest BCUT2D eigenvalue weighted by molar-refractivity contribution is 5.69. The van der Waals surface area contributed by atoms with Crippen molar-refractivity contribution in [2.45, 2.75) is 52.1 Å². The van der Waals surface area contributed by atoms with Crippen LogP contribution in [0.25, 0.3) is 0 Å². The van der Waals surface area contributed by atoms with Crippen LogP contribution in [0.2, 0.25) is 0 Å². The van der Waals surface area contributed by atoms with E-state index in [1.165, 1.54) is 0 Å². The van der Waals surface area contributed by atoms with Crippen molar-refractivity contribution in [2.75, 3.05) is 13.2 Å². The molecule has 88 valence electrons. The molecular weight excluding hydrogens is 192 g/mol. The summed E-state index contributed by atoms with van der Waals surface area (Å²) in [7, 11) is 0. The van der Waals surface area contributed by atoms with E-state index in [2.05, 4.69) is 13.8 Å². The first kappa shape index (κ1) is 12.5. The molecule has 1 aliphatic rings. The predicted octanol–water partition coefficient (Wildman–Crippen LogP) is 2.53. The van der Waals surface area contributed by atoms with Crippen LogP contribution in [-0.4, -0.2) is 25.3 Å². The summed E-state index contributed by atoms with van der Waals surface area (Å²) in [6, 6.07) is 0. The van der Waals surface area contributed by atoms with Gasteiger partial charge in [-0.25, -0.2) is 0 Å². The standard InChI is InChI=1S/C12H22O3/c1-3-11(4-2)15-12(13)9-10-5-7-14-8-6-10/h10-11H,3-9H2,1-2H3. The van der Waals surface area contributed by atoms with Gasteiger partial charge in [-0.2, -0.15) is 0 Å². The highest BCUT2D eigenvalue weighted by Crippen LogP contribution is 2.19. The van der Waals surface area contributed by atoms with Gasteiger partial charge in [-0.05, 0) is 31.6 Å². The molecular formula is C12H22O3. The van der Waals surface area contributed by atoms with Gasteiger partial charge in [0, 0.05) is 19.6 Å². The molecule has 1 saturated heterocycles. The minimum absolute atomic E-state index is 0.0319. The third kappa shape index (κ3) is 4.65. The third-order valence-electron chi connectivity index (χ3n) is 3.01. The van der Waals surface area contributed by atoms with E-state index in [0.29, 0.717) is 12.3 Å². The van der Waals surface area contributed by atoms with Crippen LogP contribution in [0.15, 0.2) is 0 Å². The molecule has 0 radical (unpaired) electrons. The summed E-state index contributed by atoms with van der Waals surface area (Å²) < 4.78 is 10.6. The Morgan fingerprint density at radius 2 is 1.93 bits per heavy atom. The first-order valence-corrected chi connectivity index (χ1v) is 6.03. The van der Waals surface area contributed by atoms with Crippen LogP contribution in [0.4, 0.5) is 0 Å². The molecule has 0 aromatic carbocycles. The summed E-state index contributed by atoms with van der Waals surface area (Å²) in [6.07, 6.45) is 4.50. The number of esters is 1. The van der Waals surface area contributed by atoms with Gasteiger partial charge in [0.1, 0.15) is 6.10 Å². The van der Waals surface area contributed by atoms with Gasteiger partial charge < -0.3 is 9.47 Å². The zero-order valence-electron chi connectivity index (χ0n) is 9.83. The lowest BCUT2D eigenvalue weighted by Crippen LogP contribution is -2.22. The SMILES string of the molecule is CCC(CC)OC(=O)CC1CCOCC1. The van der Waals surface area contributed by atoms with E-state index in [9.17, 15) is 4.79 Å². The Kier molecular flexibility index (Phi) is 5.69. The summed E-state index contributed by atoms with van der Waals surface area (Å²) in [5, 5.41) is 0. The average molecular weight is 214 g/mol. The van der Waals surface area contributed by atoms with Crippen molar-refractivity contribution < 1.29 is 14.3 Å². The molecule has 0 saturated carbocycles. The monoisotopic (exact) mass is 214 g/mol. The van der Waals surface area contributed by atoms with Crippen molar-refractivity contribution in [1.82, 2.24) is 0 Å². The quantitative estimate of drug-likeness (QED) is 0.660. The first-order chi connectivity index (χ1) is 7.26. The number of hydrogen-bond acceptors (Lipinski definition) is 3. The van der Waals surface area contributed by atoms with Gasteiger partial charge in [0.15, 0.2) is 0 Å². The molecule has 0 unspecified atom stereocenters. The summed E-state index contributed by atoms with van der Waals surface area (Å²) in [6.45, 7) is 5.69. The zero-order valence-corrected chi connectivity index (χ0v) is 9.83. The molecule has 15 heavy (non-hydrogen) atoms. The molecule has 0 N–H and O–H groups in total. The molecule has 0 aliphatic carbocycles. The normalized spacial score (nSPS) is 18.1. The van der Waals surface area contributed by atoms with Gasteiger partial charge in [-0.15, -0.1) is 0 Å². The maximum absolute atomic E-state index is 11.6. The fourth-order valence-electron chi connectivity index (χ4n) is 1.88. The van der Waals surface area contributed by atoms with E-state index in [0.717, 1.165) is 38.9 Å². The number of carbonyl (C=O) groups excluding carboxylic acids is 1. The van der Waals surface area contributed by atoms with Crippen molar-refractivity contribution >= 4 is 5.97 Å². The van der Waals surface area contributed by atoms with Crippen LogP contribution in [0, 0.1) is 5.92 Å². The second-order valence-corrected chi connectivity index (χ2v) is 4.19. The van der Waals surface area contributed by atoms with E-state index < -0.39 is 0 Å². The van der Waals surface area contributed by atoms with Crippen molar-refractivity contribution in [3.63, 3.8) is 0 Å². The maximum Gasteiger partial charge on any atom is 0.306 e. The van der Waals surface area contributed by atoms with Gasteiger partial charge in [0.25, 0.3) is 0 Å². The number of ether oxygens (including phenoxy) is 2. The Morgan fingerprint density at radius 3 is 2.47 bits per heavy atom. The van der Waals surface area contributed by atoms with Gasteiger partial charge >= 0.3 is 5.97 Å². The van der Waals surface area contributed by atoms with Gasteiger partial charge in [-0.1, -0.05) is 13.8 Å². The van der Waals surface area contributed by atoms with Crippen LogP contribution in [0.3, 0.4) is 0 Å². The minimum atomic E-state index is -0.0319. The maximum atomic E-state index is 11.6. The van der Waals surface area contributed by atoms with Gasteiger partial charge in [-0.3, -0.25) is 4.79 Å². The Bertz CT molecular complexity index is 181. The van der Waals surface area contributed by atoms with Gasteiger partial charge in [0.2, 0.25) is 0 Å².